The molecule has 36 heavy (non-hydrogen) atoms. The van der Waals surface area contributed by atoms with E-state index in [4.69, 9.17) is 10.5 Å². The van der Waals surface area contributed by atoms with E-state index in [-0.39, 0.29) is 24.9 Å². The Labute approximate surface area is 217 Å². The number of unbranched alkanes of at least 4 members (excludes halogenated alkanes) is 1. The number of rotatable bonds is 12. The van der Waals surface area contributed by atoms with Crippen molar-refractivity contribution in [2.24, 2.45) is 5.73 Å². The van der Waals surface area contributed by atoms with Crippen LogP contribution in [0.4, 0.5) is 5.69 Å². The van der Waals surface area contributed by atoms with E-state index in [0.29, 0.717) is 41.2 Å². The number of esters is 1. The predicted molar refractivity (Wildman–Crippen MR) is 143 cm³/mol. The van der Waals surface area contributed by atoms with Gasteiger partial charge in [-0.2, -0.15) is 0 Å². The van der Waals surface area contributed by atoms with Crippen molar-refractivity contribution in [3.63, 3.8) is 0 Å². The van der Waals surface area contributed by atoms with Crippen LogP contribution in [0.25, 0.3) is 0 Å². The molecule has 2 heterocycles. The number of carbonyl (C=O) groups is 3. The van der Waals surface area contributed by atoms with Crippen molar-refractivity contribution < 1.29 is 23.6 Å². The number of aryl methyl sites for hydroxylation is 1. The number of carbonyl (C=O) groups excluding carboxylic acids is 3. The molecule has 1 aromatic carbocycles. The molecular weight excluding hydrogens is 476 g/mol. The molecule has 196 valence electrons. The van der Waals surface area contributed by atoms with Crippen LogP contribution in [0.1, 0.15) is 59.3 Å². The molecule has 1 aliphatic rings. The molecule has 3 rings (SSSR count). The summed E-state index contributed by atoms with van der Waals surface area (Å²) in [7, 11) is 0. The van der Waals surface area contributed by atoms with Crippen LogP contribution >= 0.6 is 11.3 Å². The van der Waals surface area contributed by atoms with E-state index < -0.39 is 5.97 Å². The minimum absolute atomic E-state index is 0.0537. The van der Waals surface area contributed by atoms with Crippen LogP contribution in [0.2, 0.25) is 0 Å². The second-order valence-corrected chi connectivity index (χ2v) is 10.5. The highest BCUT2D eigenvalue weighted by molar-refractivity contribution is 7.12. The van der Waals surface area contributed by atoms with Crippen LogP contribution in [-0.4, -0.2) is 61.6 Å². The average molecular weight is 516 g/mol. The zero-order valence-corrected chi connectivity index (χ0v) is 22.0. The van der Waals surface area contributed by atoms with Gasteiger partial charge in [0.1, 0.15) is 4.88 Å². The van der Waals surface area contributed by atoms with Crippen molar-refractivity contribution in [1.82, 2.24) is 5.32 Å². The summed E-state index contributed by atoms with van der Waals surface area (Å²) in [5.41, 5.74) is 7.87. The second-order valence-electron chi connectivity index (χ2n) is 9.58. The number of nitrogens with one attached hydrogen (secondary N) is 2. The first-order valence-corrected chi connectivity index (χ1v) is 13.7. The van der Waals surface area contributed by atoms with Gasteiger partial charge in [-0.1, -0.05) is 30.3 Å². The Morgan fingerprint density at radius 1 is 1.00 bits per heavy atom. The lowest BCUT2D eigenvalue weighted by Gasteiger charge is -2.36. The standard InChI is InChI=1S/C27H38N4O4S/c1-21-20-36-26(27(34)35-16-10-7-13-28)25(21)30-24(33)19-31(14-8-2-3-9-15-31)18-23(32)29-17-22-11-5-4-6-12-22/h4-6,11-12,20H,2-3,7-10,13-19,28H2,1H3,(H-,29,30,32,33,34)/p+1. The molecule has 8 nitrogen and oxygen atoms in total. The molecule has 9 heteroatoms. The van der Waals surface area contributed by atoms with Crippen LogP contribution in [0.3, 0.4) is 0 Å². The van der Waals surface area contributed by atoms with Gasteiger partial charge in [-0.05, 0) is 68.5 Å². The third kappa shape index (κ3) is 8.43. The smallest absolute Gasteiger partial charge is 0.350 e. The Bertz CT molecular complexity index is 1000. The maximum Gasteiger partial charge on any atom is 0.350 e. The normalized spacial score (nSPS) is 15.1. The number of hydrogen-bond acceptors (Lipinski definition) is 6. The number of quaternary nitrogens is 1. The van der Waals surface area contributed by atoms with Gasteiger partial charge in [-0.3, -0.25) is 9.59 Å². The number of anilines is 1. The molecule has 0 spiro atoms. The number of benzene rings is 1. The van der Waals surface area contributed by atoms with Gasteiger partial charge in [0.05, 0.1) is 25.4 Å². The van der Waals surface area contributed by atoms with Gasteiger partial charge in [0, 0.05) is 6.54 Å². The molecule has 2 amide bonds. The number of nitrogens with two attached hydrogens (primary N) is 1. The van der Waals surface area contributed by atoms with Gasteiger partial charge < -0.3 is 25.6 Å². The lowest BCUT2D eigenvalue weighted by Crippen LogP contribution is -2.57. The Kier molecular flexibility index (Phi) is 10.9. The Hall–Kier alpha value is -2.75. The highest BCUT2D eigenvalue weighted by Crippen LogP contribution is 2.29. The maximum absolute atomic E-state index is 13.3. The van der Waals surface area contributed by atoms with Gasteiger partial charge in [-0.25, -0.2) is 4.79 Å². The first-order valence-electron chi connectivity index (χ1n) is 12.8. The van der Waals surface area contributed by atoms with Gasteiger partial charge in [-0.15, -0.1) is 11.3 Å². The van der Waals surface area contributed by atoms with E-state index in [1.54, 1.807) is 0 Å². The summed E-state index contributed by atoms with van der Waals surface area (Å²) in [5, 5.41) is 7.83. The van der Waals surface area contributed by atoms with Crippen molar-refractivity contribution in [3.8, 4) is 0 Å². The fourth-order valence-corrected chi connectivity index (χ4v) is 5.50. The van der Waals surface area contributed by atoms with Gasteiger partial charge in [0.2, 0.25) is 0 Å². The SMILES string of the molecule is Cc1csc(C(=O)OCCCCN)c1NC(=O)C[N+]1(CC(=O)NCc2ccccc2)CCCCCC1. The highest BCUT2D eigenvalue weighted by Gasteiger charge is 2.34. The first kappa shape index (κ1) is 27.8. The molecule has 0 bridgehead atoms. The van der Waals surface area contributed by atoms with Crippen molar-refractivity contribution >= 4 is 34.8 Å². The monoisotopic (exact) mass is 515 g/mol. The third-order valence-electron chi connectivity index (χ3n) is 6.56. The number of likely N-dealkylation sites (tertiary alicyclic amines) is 1. The van der Waals surface area contributed by atoms with Crippen LogP contribution in [0, 0.1) is 6.92 Å². The van der Waals surface area contributed by atoms with Crippen LogP contribution in [0.5, 0.6) is 0 Å². The van der Waals surface area contributed by atoms with E-state index in [1.165, 1.54) is 11.3 Å². The minimum atomic E-state index is -0.431. The summed E-state index contributed by atoms with van der Waals surface area (Å²) in [6.45, 7) is 5.22. The molecule has 4 N–H and O–H groups in total. The van der Waals surface area contributed by atoms with Crippen molar-refractivity contribution in [1.29, 1.82) is 0 Å². The molecule has 1 saturated heterocycles. The summed E-state index contributed by atoms with van der Waals surface area (Å²) in [6, 6.07) is 9.81. The predicted octanol–water partition coefficient (Wildman–Crippen LogP) is 3.60. The van der Waals surface area contributed by atoms with E-state index >= 15 is 0 Å². The Morgan fingerprint density at radius 2 is 1.69 bits per heavy atom. The van der Waals surface area contributed by atoms with E-state index in [2.05, 4.69) is 10.6 Å². The maximum atomic E-state index is 13.3. The molecule has 1 fully saturated rings. The lowest BCUT2D eigenvalue weighted by atomic mass is 10.2. The number of thiophene rings is 1. The molecule has 0 radical (unpaired) electrons. The molecule has 0 saturated carbocycles. The molecule has 2 aromatic rings. The van der Waals surface area contributed by atoms with Crippen LogP contribution in [0.15, 0.2) is 35.7 Å². The summed E-state index contributed by atoms with van der Waals surface area (Å²) in [6.07, 6.45) is 5.68. The molecule has 0 unspecified atom stereocenters. The van der Waals surface area contributed by atoms with Crippen molar-refractivity contribution in [2.45, 2.75) is 52.0 Å². The van der Waals surface area contributed by atoms with Crippen LogP contribution in [-0.2, 0) is 20.9 Å². The third-order valence-corrected chi connectivity index (χ3v) is 7.64. The quantitative estimate of drug-likeness (QED) is 0.227. The Morgan fingerprint density at radius 3 is 2.39 bits per heavy atom. The van der Waals surface area contributed by atoms with E-state index in [1.807, 2.05) is 42.6 Å². The first-order chi connectivity index (χ1) is 17.4. The minimum Gasteiger partial charge on any atom is -0.461 e. The molecule has 1 aromatic heterocycles. The van der Waals surface area contributed by atoms with Gasteiger partial charge in [0.25, 0.3) is 11.8 Å². The molecule has 0 aliphatic carbocycles. The highest BCUT2D eigenvalue weighted by atomic mass is 32.1. The van der Waals surface area contributed by atoms with Crippen LogP contribution < -0.4 is 16.4 Å². The fourth-order valence-electron chi connectivity index (χ4n) is 4.60. The van der Waals surface area contributed by atoms with Crippen molar-refractivity contribution in [3.05, 3.63) is 51.7 Å². The van der Waals surface area contributed by atoms with E-state index in [0.717, 1.165) is 56.3 Å². The molecule has 0 atom stereocenters. The summed E-state index contributed by atoms with van der Waals surface area (Å²) in [4.78, 5) is 39.2. The number of hydrogen-bond donors (Lipinski definition) is 3. The summed E-state index contributed by atoms with van der Waals surface area (Å²) < 4.78 is 5.80. The largest absolute Gasteiger partial charge is 0.461 e. The van der Waals surface area contributed by atoms with Crippen molar-refractivity contribution in [2.75, 3.05) is 44.6 Å². The molecule has 1 aliphatic heterocycles. The molecular formula is C27H39N4O4S+. The summed E-state index contributed by atoms with van der Waals surface area (Å²) in [5.74, 6) is -0.673. The topological polar surface area (TPSA) is 111 Å². The average Bonchev–Trinajstić information content (AvgIpc) is 3.07. The lowest BCUT2D eigenvalue weighted by molar-refractivity contribution is -0.912. The van der Waals surface area contributed by atoms with Gasteiger partial charge >= 0.3 is 5.97 Å². The van der Waals surface area contributed by atoms with E-state index in [9.17, 15) is 14.4 Å². The number of nitrogens with zero attached hydrogens (tertiary/aromatic N) is 1. The second kappa shape index (κ2) is 14.1. The number of ether oxygens (including phenoxy) is 1. The zero-order valence-electron chi connectivity index (χ0n) is 21.2. The fraction of sp³-hybridized carbons (Fsp3) is 0.519. The summed E-state index contributed by atoms with van der Waals surface area (Å²) >= 11 is 1.27. The van der Waals surface area contributed by atoms with Gasteiger partial charge in [0.15, 0.2) is 13.1 Å². The number of amides is 2. The zero-order chi connectivity index (χ0) is 25.8. The Balaban J connectivity index is 1.64.